The molecule has 0 bridgehead atoms. The molecule has 5 nitrogen and oxygen atoms in total. The van der Waals surface area contributed by atoms with E-state index in [4.69, 9.17) is 4.52 Å². The van der Waals surface area contributed by atoms with Crippen LogP contribution in [0.3, 0.4) is 0 Å². The average molecular weight is 367 g/mol. The van der Waals surface area contributed by atoms with Crippen molar-refractivity contribution in [1.29, 1.82) is 0 Å². The summed E-state index contributed by atoms with van der Waals surface area (Å²) in [6.45, 7) is 5.83. The van der Waals surface area contributed by atoms with Gasteiger partial charge < -0.3 is 9.42 Å². The summed E-state index contributed by atoms with van der Waals surface area (Å²) in [5.41, 5.74) is 3.02. The molecule has 6 heteroatoms. The first kappa shape index (κ1) is 17.0. The maximum absolute atomic E-state index is 13.0. The van der Waals surface area contributed by atoms with E-state index in [2.05, 4.69) is 22.2 Å². The van der Waals surface area contributed by atoms with Crippen molar-refractivity contribution in [1.82, 2.24) is 15.0 Å². The standard InChI is InChI=1S/C20H21N3O2S/c1-15-13-17(25-21-15)14-22-8-10-23(11-9-22)20(24)19-18(7-12-26-19)16-5-3-2-4-6-16/h2-7,12-13H,8-11,14H2,1H3. The highest BCUT2D eigenvalue weighted by atomic mass is 32.1. The summed E-state index contributed by atoms with van der Waals surface area (Å²) in [4.78, 5) is 18.1. The lowest BCUT2D eigenvalue weighted by molar-refractivity contribution is 0.0623. The number of carbonyl (C=O) groups is 1. The number of benzene rings is 1. The first-order chi connectivity index (χ1) is 12.7. The number of amides is 1. The number of rotatable bonds is 4. The summed E-state index contributed by atoms with van der Waals surface area (Å²) in [5.74, 6) is 1.01. The van der Waals surface area contributed by atoms with Gasteiger partial charge >= 0.3 is 0 Å². The van der Waals surface area contributed by atoms with Crippen LogP contribution in [0.25, 0.3) is 11.1 Å². The number of nitrogens with zero attached hydrogens (tertiary/aromatic N) is 3. The molecule has 0 N–H and O–H groups in total. The fraction of sp³-hybridized carbons (Fsp3) is 0.300. The Balaban J connectivity index is 1.41. The van der Waals surface area contributed by atoms with E-state index in [0.717, 1.165) is 60.2 Å². The van der Waals surface area contributed by atoms with Crippen molar-refractivity contribution in [2.24, 2.45) is 0 Å². The second-order valence-corrected chi connectivity index (χ2v) is 7.45. The van der Waals surface area contributed by atoms with E-state index in [0.29, 0.717) is 0 Å². The molecular weight excluding hydrogens is 346 g/mol. The minimum Gasteiger partial charge on any atom is -0.360 e. The van der Waals surface area contributed by atoms with Gasteiger partial charge in [0.2, 0.25) is 0 Å². The third-order valence-electron chi connectivity index (χ3n) is 4.66. The van der Waals surface area contributed by atoms with Gasteiger partial charge in [0.15, 0.2) is 5.76 Å². The Morgan fingerprint density at radius 3 is 2.62 bits per heavy atom. The number of aryl methyl sites for hydroxylation is 1. The smallest absolute Gasteiger partial charge is 0.264 e. The average Bonchev–Trinajstić information content (AvgIpc) is 3.32. The summed E-state index contributed by atoms with van der Waals surface area (Å²) in [6, 6.07) is 14.1. The number of thiophene rings is 1. The summed E-state index contributed by atoms with van der Waals surface area (Å²) >= 11 is 1.52. The number of hydrogen-bond acceptors (Lipinski definition) is 5. The molecule has 0 saturated carbocycles. The minimum atomic E-state index is 0.133. The van der Waals surface area contributed by atoms with Gasteiger partial charge in [-0.05, 0) is 23.9 Å². The van der Waals surface area contributed by atoms with E-state index in [9.17, 15) is 4.79 Å². The summed E-state index contributed by atoms with van der Waals surface area (Å²) < 4.78 is 5.29. The van der Waals surface area contributed by atoms with Crippen LogP contribution in [0, 0.1) is 6.92 Å². The van der Waals surface area contributed by atoms with Gasteiger partial charge in [-0.25, -0.2) is 0 Å². The molecule has 0 radical (unpaired) electrons. The zero-order valence-electron chi connectivity index (χ0n) is 14.7. The maximum atomic E-state index is 13.0. The zero-order chi connectivity index (χ0) is 17.9. The topological polar surface area (TPSA) is 49.6 Å². The molecule has 3 aromatic rings. The van der Waals surface area contributed by atoms with Gasteiger partial charge in [0.25, 0.3) is 5.91 Å². The van der Waals surface area contributed by atoms with Crippen molar-refractivity contribution in [3.63, 3.8) is 0 Å². The van der Waals surface area contributed by atoms with Crippen LogP contribution in [0.15, 0.2) is 52.4 Å². The fourth-order valence-corrected chi connectivity index (χ4v) is 4.17. The Kier molecular flexibility index (Phi) is 4.86. The van der Waals surface area contributed by atoms with Crippen molar-refractivity contribution in [3.8, 4) is 11.1 Å². The normalized spacial score (nSPS) is 15.3. The summed E-state index contributed by atoms with van der Waals surface area (Å²) in [7, 11) is 0. The summed E-state index contributed by atoms with van der Waals surface area (Å²) in [6.07, 6.45) is 0. The minimum absolute atomic E-state index is 0.133. The molecule has 0 aliphatic carbocycles. The number of aromatic nitrogens is 1. The Hall–Kier alpha value is -2.44. The number of carbonyl (C=O) groups excluding carboxylic acids is 1. The van der Waals surface area contributed by atoms with E-state index in [1.54, 1.807) is 0 Å². The molecule has 1 amide bonds. The van der Waals surface area contributed by atoms with Gasteiger partial charge in [-0.15, -0.1) is 11.3 Å². The molecule has 1 aliphatic rings. The Morgan fingerprint density at radius 1 is 1.15 bits per heavy atom. The fourth-order valence-electron chi connectivity index (χ4n) is 3.28. The molecule has 1 saturated heterocycles. The van der Waals surface area contributed by atoms with Gasteiger partial charge in [0, 0.05) is 37.8 Å². The Morgan fingerprint density at radius 2 is 1.92 bits per heavy atom. The van der Waals surface area contributed by atoms with E-state index >= 15 is 0 Å². The van der Waals surface area contributed by atoms with Gasteiger partial charge in [-0.1, -0.05) is 35.5 Å². The van der Waals surface area contributed by atoms with Crippen LogP contribution in [0.4, 0.5) is 0 Å². The SMILES string of the molecule is Cc1cc(CN2CCN(C(=O)c3sccc3-c3ccccc3)CC2)on1. The first-order valence-electron chi connectivity index (χ1n) is 8.77. The van der Waals surface area contributed by atoms with Crippen molar-refractivity contribution in [3.05, 3.63) is 64.2 Å². The quantitative estimate of drug-likeness (QED) is 0.706. The van der Waals surface area contributed by atoms with E-state index in [1.807, 2.05) is 47.5 Å². The highest BCUT2D eigenvalue weighted by Gasteiger charge is 2.25. The van der Waals surface area contributed by atoms with Crippen LogP contribution in [0.5, 0.6) is 0 Å². The molecule has 26 heavy (non-hydrogen) atoms. The molecular formula is C20H21N3O2S. The van der Waals surface area contributed by atoms with Gasteiger partial charge in [-0.3, -0.25) is 9.69 Å². The first-order valence-corrected chi connectivity index (χ1v) is 9.65. The lowest BCUT2D eigenvalue weighted by Crippen LogP contribution is -2.48. The molecule has 0 atom stereocenters. The number of hydrogen-bond donors (Lipinski definition) is 0. The molecule has 1 aromatic carbocycles. The largest absolute Gasteiger partial charge is 0.360 e. The third-order valence-corrected chi connectivity index (χ3v) is 5.56. The maximum Gasteiger partial charge on any atom is 0.264 e. The molecule has 2 aromatic heterocycles. The zero-order valence-corrected chi connectivity index (χ0v) is 15.5. The van der Waals surface area contributed by atoms with Crippen LogP contribution in [0.1, 0.15) is 21.1 Å². The molecule has 4 rings (SSSR count). The van der Waals surface area contributed by atoms with E-state index in [1.165, 1.54) is 11.3 Å². The van der Waals surface area contributed by atoms with Gasteiger partial charge in [0.1, 0.15) is 0 Å². The molecule has 0 unspecified atom stereocenters. The van der Waals surface area contributed by atoms with Crippen LogP contribution in [0.2, 0.25) is 0 Å². The van der Waals surface area contributed by atoms with Crippen LogP contribution < -0.4 is 0 Å². The van der Waals surface area contributed by atoms with Gasteiger partial charge in [-0.2, -0.15) is 0 Å². The Labute approximate surface area is 156 Å². The van der Waals surface area contributed by atoms with Crippen molar-refractivity contribution >= 4 is 17.2 Å². The molecule has 0 spiro atoms. The monoisotopic (exact) mass is 367 g/mol. The number of piperazine rings is 1. The van der Waals surface area contributed by atoms with Crippen LogP contribution in [-0.2, 0) is 6.54 Å². The van der Waals surface area contributed by atoms with Crippen molar-refractivity contribution < 1.29 is 9.32 Å². The summed E-state index contributed by atoms with van der Waals surface area (Å²) in [5, 5.41) is 5.93. The van der Waals surface area contributed by atoms with Crippen LogP contribution in [-0.4, -0.2) is 47.0 Å². The molecule has 134 valence electrons. The predicted molar refractivity (Wildman–Crippen MR) is 102 cm³/mol. The molecule has 3 heterocycles. The second-order valence-electron chi connectivity index (χ2n) is 6.53. The second kappa shape index (κ2) is 7.43. The third kappa shape index (κ3) is 3.57. The van der Waals surface area contributed by atoms with Crippen molar-refractivity contribution in [2.75, 3.05) is 26.2 Å². The van der Waals surface area contributed by atoms with E-state index in [-0.39, 0.29) is 5.91 Å². The highest BCUT2D eigenvalue weighted by molar-refractivity contribution is 7.12. The lowest BCUT2D eigenvalue weighted by atomic mass is 10.1. The van der Waals surface area contributed by atoms with Crippen LogP contribution >= 0.6 is 11.3 Å². The van der Waals surface area contributed by atoms with Crippen molar-refractivity contribution in [2.45, 2.75) is 13.5 Å². The highest BCUT2D eigenvalue weighted by Crippen LogP contribution is 2.29. The van der Waals surface area contributed by atoms with E-state index < -0.39 is 0 Å². The van der Waals surface area contributed by atoms with Gasteiger partial charge in [0.05, 0.1) is 17.1 Å². The molecule has 1 fully saturated rings. The molecule has 1 aliphatic heterocycles. The Bertz CT molecular complexity index is 879. The predicted octanol–water partition coefficient (Wildman–Crippen LogP) is 3.67. The lowest BCUT2D eigenvalue weighted by Gasteiger charge is -2.34.